The van der Waals surface area contributed by atoms with Gasteiger partial charge >= 0.3 is 0 Å². The fourth-order valence-electron chi connectivity index (χ4n) is 4.00. The molecule has 0 bridgehead atoms. The molecule has 0 aromatic carbocycles. The molecule has 0 aromatic heterocycles. The van der Waals surface area contributed by atoms with Crippen molar-refractivity contribution in [1.82, 2.24) is 10.2 Å². The molecule has 0 spiro atoms. The number of hydrogen-bond donors (Lipinski definition) is 1. The van der Waals surface area contributed by atoms with Crippen molar-refractivity contribution in [2.75, 3.05) is 19.6 Å². The number of nitrogens with one attached hydrogen (secondary N) is 1. The normalized spacial score (nSPS) is 23.1. The van der Waals surface area contributed by atoms with E-state index in [1.165, 1.54) is 90.3 Å². The number of rotatable bonds is 7. The van der Waals surface area contributed by atoms with Gasteiger partial charge in [0, 0.05) is 25.2 Å². The summed E-state index contributed by atoms with van der Waals surface area (Å²) < 4.78 is 0. The van der Waals surface area contributed by atoms with Crippen LogP contribution in [0.3, 0.4) is 0 Å². The third-order valence-corrected chi connectivity index (χ3v) is 5.06. The molecule has 0 radical (unpaired) electrons. The molecule has 0 heterocycles. The Morgan fingerprint density at radius 3 is 1.79 bits per heavy atom. The molecule has 2 fully saturated rings. The fourth-order valence-corrected chi connectivity index (χ4v) is 4.00. The molecule has 19 heavy (non-hydrogen) atoms. The van der Waals surface area contributed by atoms with Gasteiger partial charge in [-0.15, -0.1) is 0 Å². The Hall–Kier alpha value is -0.0800. The number of hydrogen-bond acceptors (Lipinski definition) is 2. The van der Waals surface area contributed by atoms with E-state index in [1.54, 1.807) is 0 Å². The second-order valence-corrected chi connectivity index (χ2v) is 6.57. The number of nitrogens with zero attached hydrogens (tertiary/aromatic N) is 1. The predicted octanol–water partition coefficient (Wildman–Crippen LogP) is 3.95. The lowest BCUT2D eigenvalue weighted by molar-refractivity contribution is 0.0818. The monoisotopic (exact) mass is 266 g/mol. The molecule has 112 valence electrons. The van der Waals surface area contributed by atoms with Crippen LogP contribution in [0.5, 0.6) is 0 Å². The highest BCUT2D eigenvalue weighted by molar-refractivity contribution is 4.84. The van der Waals surface area contributed by atoms with E-state index in [9.17, 15) is 0 Å². The highest BCUT2D eigenvalue weighted by Gasteiger charge is 2.28. The van der Waals surface area contributed by atoms with Crippen molar-refractivity contribution >= 4 is 0 Å². The van der Waals surface area contributed by atoms with Gasteiger partial charge in [0.15, 0.2) is 0 Å². The Morgan fingerprint density at radius 2 is 1.32 bits per heavy atom. The molecule has 0 saturated heterocycles. The molecule has 0 aliphatic heterocycles. The minimum Gasteiger partial charge on any atom is -0.315 e. The van der Waals surface area contributed by atoms with Crippen LogP contribution in [-0.2, 0) is 0 Å². The third-order valence-electron chi connectivity index (χ3n) is 5.06. The fraction of sp³-hybridized carbons (Fsp3) is 1.00. The molecule has 0 atom stereocenters. The molecule has 2 saturated carbocycles. The average molecular weight is 266 g/mol. The average Bonchev–Trinajstić information content (AvgIpc) is 2.49. The van der Waals surface area contributed by atoms with Gasteiger partial charge in [0.05, 0.1) is 0 Å². The zero-order valence-electron chi connectivity index (χ0n) is 13.0. The second-order valence-electron chi connectivity index (χ2n) is 6.57. The van der Waals surface area contributed by atoms with Crippen molar-refractivity contribution in [2.24, 2.45) is 0 Å². The Bertz CT molecular complexity index is 199. The summed E-state index contributed by atoms with van der Waals surface area (Å²) in [6.07, 6.45) is 15.9. The molecule has 2 heteroatoms. The quantitative estimate of drug-likeness (QED) is 0.702. The molecule has 2 aliphatic carbocycles. The lowest BCUT2D eigenvalue weighted by Gasteiger charge is -2.41. The van der Waals surface area contributed by atoms with E-state index in [0.29, 0.717) is 0 Å². The Labute approximate surface area is 120 Å². The molecule has 2 rings (SSSR count). The summed E-state index contributed by atoms with van der Waals surface area (Å²) in [7, 11) is 0. The summed E-state index contributed by atoms with van der Waals surface area (Å²) in [5, 5.41) is 3.60. The van der Waals surface area contributed by atoms with Crippen LogP contribution < -0.4 is 5.32 Å². The lowest BCUT2D eigenvalue weighted by Crippen LogP contribution is -2.47. The summed E-state index contributed by atoms with van der Waals surface area (Å²) in [6.45, 7) is 5.92. The highest BCUT2D eigenvalue weighted by Crippen LogP contribution is 2.29. The third kappa shape index (κ3) is 5.07. The van der Waals surface area contributed by atoms with Crippen LogP contribution in [0.15, 0.2) is 0 Å². The van der Waals surface area contributed by atoms with E-state index in [4.69, 9.17) is 0 Å². The zero-order chi connectivity index (χ0) is 13.3. The largest absolute Gasteiger partial charge is 0.315 e. The van der Waals surface area contributed by atoms with E-state index < -0.39 is 0 Å². The van der Waals surface area contributed by atoms with Gasteiger partial charge in [0.1, 0.15) is 0 Å². The van der Waals surface area contributed by atoms with E-state index in [2.05, 4.69) is 17.1 Å². The summed E-state index contributed by atoms with van der Waals surface area (Å²) >= 11 is 0. The van der Waals surface area contributed by atoms with Gasteiger partial charge in [-0.1, -0.05) is 45.4 Å². The standard InChI is InChI=1S/C17H34N2/c1-2-13-18-14-15-19(16-9-5-3-6-10-16)17-11-7-4-8-12-17/h16-18H,2-15H2,1H3. The molecule has 2 aliphatic rings. The SMILES string of the molecule is CCCNCCN(C1CCCCC1)C1CCCCC1. The van der Waals surface area contributed by atoms with Gasteiger partial charge in [-0.2, -0.15) is 0 Å². The lowest BCUT2D eigenvalue weighted by atomic mass is 9.88. The first kappa shape index (κ1) is 15.3. The van der Waals surface area contributed by atoms with E-state index in [1.807, 2.05) is 0 Å². The summed E-state index contributed by atoms with van der Waals surface area (Å²) in [5.41, 5.74) is 0. The van der Waals surface area contributed by atoms with Crippen LogP contribution in [-0.4, -0.2) is 36.6 Å². The van der Waals surface area contributed by atoms with Crippen molar-refractivity contribution in [1.29, 1.82) is 0 Å². The van der Waals surface area contributed by atoms with E-state index >= 15 is 0 Å². The first-order chi connectivity index (χ1) is 9.42. The van der Waals surface area contributed by atoms with E-state index in [0.717, 1.165) is 12.1 Å². The highest BCUT2D eigenvalue weighted by atomic mass is 15.2. The second kappa shape index (κ2) is 8.97. The van der Waals surface area contributed by atoms with Crippen LogP contribution in [0, 0.1) is 0 Å². The van der Waals surface area contributed by atoms with Crippen LogP contribution in [0.2, 0.25) is 0 Å². The van der Waals surface area contributed by atoms with Crippen molar-refractivity contribution in [3.63, 3.8) is 0 Å². The molecule has 0 amide bonds. The zero-order valence-corrected chi connectivity index (χ0v) is 13.0. The van der Waals surface area contributed by atoms with Crippen molar-refractivity contribution in [3.05, 3.63) is 0 Å². The van der Waals surface area contributed by atoms with Gasteiger partial charge in [-0.05, 0) is 38.6 Å². The molecule has 0 unspecified atom stereocenters. The minimum absolute atomic E-state index is 0.903. The Morgan fingerprint density at radius 1 is 0.789 bits per heavy atom. The van der Waals surface area contributed by atoms with E-state index in [-0.39, 0.29) is 0 Å². The van der Waals surface area contributed by atoms with Crippen LogP contribution in [0.4, 0.5) is 0 Å². The smallest absolute Gasteiger partial charge is 0.0113 e. The summed E-state index contributed by atoms with van der Waals surface area (Å²) in [5.74, 6) is 0. The van der Waals surface area contributed by atoms with Crippen LogP contribution >= 0.6 is 0 Å². The van der Waals surface area contributed by atoms with Gasteiger partial charge in [-0.25, -0.2) is 0 Å². The Kier molecular flexibility index (Phi) is 7.23. The molecular weight excluding hydrogens is 232 g/mol. The van der Waals surface area contributed by atoms with Crippen molar-refractivity contribution in [3.8, 4) is 0 Å². The predicted molar refractivity (Wildman–Crippen MR) is 83.6 cm³/mol. The molecular formula is C17H34N2. The topological polar surface area (TPSA) is 15.3 Å². The first-order valence-corrected chi connectivity index (χ1v) is 8.88. The summed E-state index contributed by atoms with van der Waals surface area (Å²) in [6, 6.07) is 1.81. The maximum absolute atomic E-state index is 3.60. The van der Waals surface area contributed by atoms with Crippen molar-refractivity contribution < 1.29 is 0 Å². The van der Waals surface area contributed by atoms with Gasteiger partial charge in [0.25, 0.3) is 0 Å². The first-order valence-electron chi connectivity index (χ1n) is 8.88. The van der Waals surface area contributed by atoms with Gasteiger partial charge < -0.3 is 5.32 Å². The maximum atomic E-state index is 3.60. The van der Waals surface area contributed by atoms with Crippen LogP contribution in [0.1, 0.15) is 77.6 Å². The minimum atomic E-state index is 0.903. The van der Waals surface area contributed by atoms with Crippen molar-refractivity contribution in [2.45, 2.75) is 89.6 Å². The molecule has 0 aromatic rings. The molecule has 2 nitrogen and oxygen atoms in total. The van der Waals surface area contributed by atoms with Gasteiger partial charge in [-0.3, -0.25) is 4.90 Å². The summed E-state index contributed by atoms with van der Waals surface area (Å²) in [4.78, 5) is 2.90. The van der Waals surface area contributed by atoms with Gasteiger partial charge in [0.2, 0.25) is 0 Å². The molecule has 1 N–H and O–H groups in total. The maximum Gasteiger partial charge on any atom is 0.0113 e. The Balaban J connectivity index is 1.83. The van der Waals surface area contributed by atoms with Crippen LogP contribution in [0.25, 0.3) is 0 Å².